The van der Waals surface area contributed by atoms with E-state index in [0.717, 1.165) is 5.56 Å². The molecular formula is C32H24. The maximum absolute atomic E-state index is 3.84. The largest absolute Gasteiger partial charge is 0.0985 e. The Kier molecular flexibility index (Phi) is 5.51. The average molecular weight is 409 g/mol. The van der Waals surface area contributed by atoms with Gasteiger partial charge in [-0.15, -0.1) is 0 Å². The number of benzene rings is 5. The van der Waals surface area contributed by atoms with Crippen LogP contribution in [0.5, 0.6) is 0 Å². The van der Waals surface area contributed by atoms with Gasteiger partial charge in [0.25, 0.3) is 0 Å². The summed E-state index contributed by atoms with van der Waals surface area (Å²) in [5, 5.41) is 5.04. The lowest BCUT2D eigenvalue weighted by atomic mass is 9.94. The van der Waals surface area contributed by atoms with Crippen LogP contribution in [0, 0.1) is 0 Å². The van der Waals surface area contributed by atoms with E-state index in [1.807, 2.05) is 12.1 Å². The van der Waals surface area contributed by atoms with Crippen molar-refractivity contribution in [2.45, 2.75) is 0 Å². The first kappa shape index (κ1) is 19.8. The monoisotopic (exact) mass is 408 g/mol. The van der Waals surface area contributed by atoms with E-state index in [1.165, 1.54) is 43.8 Å². The molecule has 0 aromatic heterocycles. The van der Waals surface area contributed by atoms with E-state index >= 15 is 0 Å². The molecule has 0 spiro atoms. The van der Waals surface area contributed by atoms with Crippen molar-refractivity contribution in [1.82, 2.24) is 0 Å². The van der Waals surface area contributed by atoms with Crippen LogP contribution in [-0.2, 0) is 0 Å². The van der Waals surface area contributed by atoms with E-state index < -0.39 is 0 Å². The quantitative estimate of drug-likeness (QED) is 0.201. The van der Waals surface area contributed by atoms with Gasteiger partial charge in [0, 0.05) is 0 Å². The van der Waals surface area contributed by atoms with E-state index in [2.05, 4.69) is 128 Å². The summed E-state index contributed by atoms with van der Waals surface area (Å²) in [6, 6.07) is 36.5. The van der Waals surface area contributed by atoms with Crippen LogP contribution < -0.4 is 0 Å². The van der Waals surface area contributed by atoms with Crippen LogP contribution in [0.3, 0.4) is 0 Å². The van der Waals surface area contributed by atoms with Crippen LogP contribution >= 0.6 is 0 Å². The molecule has 0 unspecified atom stereocenters. The van der Waals surface area contributed by atoms with Crippen molar-refractivity contribution < 1.29 is 0 Å². The molecule has 0 saturated heterocycles. The molecule has 0 heteroatoms. The number of hydrogen-bond acceptors (Lipinski definition) is 0. The first-order valence-corrected chi connectivity index (χ1v) is 10.9. The van der Waals surface area contributed by atoms with E-state index in [0.29, 0.717) is 0 Å². The highest BCUT2D eigenvalue weighted by molar-refractivity contribution is 6.04. The van der Waals surface area contributed by atoms with E-state index in [9.17, 15) is 0 Å². The summed E-state index contributed by atoms with van der Waals surface area (Å²) in [4.78, 5) is 0. The summed E-state index contributed by atoms with van der Waals surface area (Å²) in [5.41, 5.74) is 5.93. The van der Waals surface area contributed by atoms with Crippen molar-refractivity contribution in [3.63, 3.8) is 0 Å². The Morgan fingerprint density at radius 1 is 0.469 bits per heavy atom. The number of rotatable bonds is 5. The Balaban J connectivity index is 1.65. The third-order valence-electron chi connectivity index (χ3n) is 5.83. The zero-order valence-corrected chi connectivity index (χ0v) is 17.9. The van der Waals surface area contributed by atoms with Gasteiger partial charge in [-0.05, 0) is 61.5 Å². The van der Waals surface area contributed by atoms with Crippen LogP contribution in [0.4, 0.5) is 0 Å². The van der Waals surface area contributed by atoms with Crippen molar-refractivity contribution in [3.8, 4) is 0 Å². The summed E-state index contributed by atoms with van der Waals surface area (Å²) in [6.45, 7) is 3.84. The van der Waals surface area contributed by atoms with Gasteiger partial charge in [0.05, 0.1) is 0 Å². The van der Waals surface area contributed by atoms with Crippen molar-refractivity contribution in [2.24, 2.45) is 0 Å². The molecule has 0 heterocycles. The van der Waals surface area contributed by atoms with Gasteiger partial charge in [0.1, 0.15) is 0 Å². The van der Waals surface area contributed by atoms with Gasteiger partial charge in [0.2, 0.25) is 0 Å². The molecule has 0 N–H and O–H groups in total. The van der Waals surface area contributed by atoms with Crippen LogP contribution in [0.25, 0.3) is 51.9 Å². The smallest absolute Gasteiger partial charge is 0.00990 e. The minimum atomic E-state index is 1.13. The van der Waals surface area contributed by atoms with Crippen molar-refractivity contribution in [3.05, 3.63) is 138 Å². The second-order valence-corrected chi connectivity index (χ2v) is 7.94. The molecule has 0 radical (unpaired) electrons. The van der Waals surface area contributed by atoms with Gasteiger partial charge in [-0.3, -0.25) is 0 Å². The summed E-state index contributed by atoms with van der Waals surface area (Å²) in [7, 11) is 0. The van der Waals surface area contributed by atoms with E-state index in [1.54, 1.807) is 0 Å². The molecule has 0 aliphatic rings. The minimum absolute atomic E-state index is 1.13. The highest BCUT2D eigenvalue weighted by Crippen LogP contribution is 2.30. The fourth-order valence-corrected chi connectivity index (χ4v) is 4.06. The molecule has 0 saturated carbocycles. The summed E-state index contributed by atoms with van der Waals surface area (Å²) >= 11 is 0. The molecule has 0 aliphatic heterocycles. The normalized spacial score (nSPS) is 11.6. The molecule has 5 rings (SSSR count). The van der Waals surface area contributed by atoms with Crippen molar-refractivity contribution in [2.75, 3.05) is 0 Å². The van der Waals surface area contributed by atoms with Gasteiger partial charge >= 0.3 is 0 Å². The third-order valence-corrected chi connectivity index (χ3v) is 5.83. The highest BCUT2D eigenvalue weighted by atomic mass is 14.1. The molecule has 5 aromatic carbocycles. The fourth-order valence-electron chi connectivity index (χ4n) is 4.06. The molecule has 152 valence electrons. The van der Waals surface area contributed by atoms with Crippen LogP contribution in [0.15, 0.2) is 110 Å². The first-order valence-electron chi connectivity index (χ1n) is 10.9. The van der Waals surface area contributed by atoms with Gasteiger partial charge in [-0.1, -0.05) is 128 Å². The van der Waals surface area contributed by atoms with E-state index in [-0.39, 0.29) is 0 Å². The van der Waals surface area contributed by atoms with Crippen molar-refractivity contribution in [1.29, 1.82) is 0 Å². The van der Waals surface area contributed by atoms with Gasteiger partial charge in [-0.2, -0.15) is 0 Å². The summed E-state index contributed by atoms with van der Waals surface area (Å²) < 4.78 is 0. The minimum Gasteiger partial charge on any atom is -0.0985 e. The second kappa shape index (κ2) is 8.91. The third kappa shape index (κ3) is 4.17. The Labute approximate surface area is 189 Å². The van der Waals surface area contributed by atoms with Crippen molar-refractivity contribution >= 4 is 51.9 Å². The number of hydrogen-bond donors (Lipinski definition) is 0. The zero-order valence-electron chi connectivity index (χ0n) is 17.9. The predicted molar refractivity (Wildman–Crippen MR) is 142 cm³/mol. The highest BCUT2D eigenvalue weighted by Gasteiger charge is 2.06. The van der Waals surface area contributed by atoms with Crippen LogP contribution in [0.2, 0.25) is 0 Å². The lowest BCUT2D eigenvalue weighted by Crippen LogP contribution is -1.86. The Bertz CT molecular complexity index is 1450. The average Bonchev–Trinajstić information content (AvgIpc) is 2.86. The van der Waals surface area contributed by atoms with Gasteiger partial charge < -0.3 is 0 Å². The zero-order chi connectivity index (χ0) is 21.8. The molecule has 0 fully saturated rings. The van der Waals surface area contributed by atoms with Crippen LogP contribution in [0.1, 0.15) is 27.8 Å². The molecule has 0 atom stereocenters. The van der Waals surface area contributed by atoms with Gasteiger partial charge in [0.15, 0.2) is 0 Å². The molecule has 0 aliphatic carbocycles. The first-order chi connectivity index (χ1) is 15.8. The lowest BCUT2D eigenvalue weighted by molar-refractivity contribution is 1.62. The summed E-state index contributed by atoms with van der Waals surface area (Å²) in [6.07, 6.45) is 10.7. The molecule has 5 aromatic rings. The number of fused-ring (bicyclic) bond motifs is 2. The fraction of sp³-hybridized carbons (Fsp3) is 0. The maximum atomic E-state index is 3.84. The Morgan fingerprint density at radius 2 is 1.09 bits per heavy atom. The summed E-state index contributed by atoms with van der Waals surface area (Å²) in [5.74, 6) is 0. The lowest BCUT2D eigenvalue weighted by Gasteiger charge is -2.10. The molecule has 0 bridgehead atoms. The predicted octanol–water partition coefficient (Wildman–Crippen LogP) is 8.98. The topological polar surface area (TPSA) is 0 Å². The molecule has 0 amide bonds. The Hall–Kier alpha value is -4.16. The SMILES string of the molecule is C=Cc1ccc(C=Cc2c(C=Cc3ccccc3)ccc3cc4ccccc4cc23)cc1. The maximum Gasteiger partial charge on any atom is -0.00990 e. The Morgan fingerprint density at radius 3 is 1.84 bits per heavy atom. The second-order valence-electron chi connectivity index (χ2n) is 7.94. The molecule has 0 nitrogen and oxygen atoms in total. The molecular weight excluding hydrogens is 384 g/mol. The molecule has 32 heavy (non-hydrogen) atoms. The standard InChI is InChI=1S/C32H24/c1-2-24-12-14-26(15-13-24)17-21-31-27(18-16-25-8-4-3-5-9-25)19-20-30-22-28-10-6-7-11-29(28)23-32(30)31/h2-23H,1H2. The van der Waals surface area contributed by atoms with Gasteiger partial charge in [-0.25, -0.2) is 0 Å². The van der Waals surface area contributed by atoms with Crippen LogP contribution in [-0.4, -0.2) is 0 Å². The van der Waals surface area contributed by atoms with E-state index in [4.69, 9.17) is 0 Å².